The smallest absolute Gasteiger partial charge is 0.256 e. The van der Waals surface area contributed by atoms with Crippen LogP contribution in [0.3, 0.4) is 0 Å². The maximum absolute atomic E-state index is 11.0. The molecular formula is C12H8N4O2. The lowest BCUT2D eigenvalue weighted by atomic mass is 10.2. The molecular weight excluding hydrogens is 232 g/mol. The first-order valence-electron chi connectivity index (χ1n) is 4.99. The molecule has 0 bridgehead atoms. The minimum Gasteiger partial charge on any atom is -0.436 e. The maximum atomic E-state index is 11.0. The van der Waals surface area contributed by atoms with E-state index in [1.807, 2.05) is 6.07 Å². The number of rotatable bonds is 3. The highest BCUT2D eigenvalue weighted by molar-refractivity contribution is 5.93. The molecule has 1 amide bonds. The van der Waals surface area contributed by atoms with Crippen LogP contribution in [-0.4, -0.2) is 15.9 Å². The molecule has 0 aliphatic carbocycles. The molecule has 0 atom stereocenters. The van der Waals surface area contributed by atoms with Crippen molar-refractivity contribution in [1.82, 2.24) is 9.97 Å². The van der Waals surface area contributed by atoms with E-state index in [2.05, 4.69) is 9.97 Å². The molecule has 0 radical (unpaired) electrons. The van der Waals surface area contributed by atoms with Crippen molar-refractivity contribution < 1.29 is 9.53 Å². The van der Waals surface area contributed by atoms with Gasteiger partial charge >= 0.3 is 0 Å². The van der Waals surface area contributed by atoms with E-state index in [0.717, 1.165) is 0 Å². The number of nitrogens with zero attached hydrogens (tertiary/aromatic N) is 3. The third-order valence-electron chi connectivity index (χ3n) is 2.10. The van der Waals surface area contributed by atoms with Crippen molar-refractivity contribution >= 4 is 5.91 Å². The number of amides is 1. The summed E-state index contributed by atoms with van der Waals surface area (Å²) in [5.41, 5.74) is 5.54. The Balaban J connectivity index is 2.32. The van der Waals surface area contributed by atoms with Gasteiger partial charge in [-0.05, 0) is 18.2 Å². The van der Waals surface area contributed by atoms with Crippen LogP contribution in [-0.2, 0) is 0 Å². The van der Waals surface area contributed by atoms with E-state index in [1.165, 1.54) is 18.5 Å². The average Bonchev–Trinajstić information content (AvgIpc) is 2.39. The third-order valence-corrected chi connectivity index (χ3v) is 2.10. The van der Waals surface area contributed by atoms with Crippen LogP contribution in [0.25, 0.3) is 0 Å². The Bertz CT molecular complexity index is 634. The summed E-state index contributed by atoms with van der Waals surface area (Å²) in [4.78, 5) is 18.7. The van der Waals surface area contributed by atoms with Crippen LogP contribution in [0, 0.1) is 11.3 Å². The third kappa shape index (κ3) is 2.41. The van der Waals surface area contributed by atoms with Gasteiger partial charge in [0.15, 0.2) is 0 Å². The summed E-state index contributed by atoms with van der Waals surface area (Å²) in [6.07, 6.45) is 2.80. The molecule has 0 saturated heterocycles. The van der Waals surface area contributed by atoms with E-state index in [0.29, 0.717) is 11.3 Å². The molecule has 0 unspecified atom stereocenters. The summed E-state index contributed by atoms with van der Waals surface area (Å²) in [7, 11) is 0. The Kier molecular flexibility index (Phi) is 3.16. The summed E-state index contributed by atoms with van der Waals surface area (Å²) < 4.78 is 5.39. The van der Waals surface area contributed by atoms with Crippen molar-refractivity contribution in [3.8, 4) is 17.7 Å². The number of benzene rings is 1. The van der Waals surface area contributed by atoms with Gasteiger partial charge < -0.3 is 10.5 Å². The van der Waals surface area contributed by atoms with Gasteiger partial charge in [-0.25, -0.2) is 9.97 Å². The molecule has 6 heteroatoms. The van der Waals surface area contributed by atoms with Crippen LogP contribution < -0.4 is 10.5 Å². The minimum atomic E-state index is -0.555. The van der Waals surface area contributed by atoms with Crippen LogP contribution in [0.5, 0.6) is 11.6 Å². The standard InChI is InChI=1S/C12H8N4O2/c13-7-10-12(16-5-4-15-10)18-9-3-1-2-8(6-9)11(14)17/h1-6H,(H2,14,17). The second-order valence-corrected chi connectivity index (χ2v) is 3.32. The number of hydrogen-bond acceptors (Lipinski definition) is 5. The highest BCUT2D eigenvalue weighted by Crippen LogP contribution is 2.21. The van der Waals surface area contributed by atoms with E-state index >= 15 is 0 Å². The molecule has 18 heavy (non-hydrogen) atoms. The van der Waals surface area contributed by atoms with E-state index in [9.17, 15) is 4.79 Å². The number of nitriles is 1. The fourth-order valence-electron chi connectivity index (χ4n) is 1.30. The van der Waals surface area contributed by atoms with Gasteiger partial charge in [0, 0.05) is 18.0 Å². The number of carbonyl (C=O) groups is 1. The number of primary amides is 1. The SMILES string of the molecule is N#Cc1nccnc1Oc1cccc(C(N)=O)c1. The lowest BCUT2D eigenvalue weighted by Gasteiger charge is -2.05. The van der Waals surface area contributed by atoms with Crippen LogP contribution in [0.2, 0.25) is 0 Å². The first-order chi connectivity index (χ1) is 8.70. The zero-order valence-electron chi connectivity index (χ0n) is 9.20. The number of carbonyl (C=O) groups excluding carboxylic acids is 1. The Labute approximate surface area is 103 Å². The highest BCUT2D eigenvalue weighted by Gasteiger charge is 2.08. The second kappa shape index (κ2) is 4.93. The van der Waals surface area contributed by atoms with Crippen LogP contribution >= 0.6 is 0 Å². The van der Waals surface area contributed by atoms with E-state index in [4.69, 9.17) is 15.7 Å². The molecule has 0 aliphatic heterocycles. The van der Waals surface area contributed by atoms with E-state index in [-0.39, 0.29) is 11.6 Å². The van der Waals surface area contributed by atoms with Crippen LogP contribution in [0.15, 0.2) is 36.7 Å². The quantitative estimate of drug-likeness (QED) is 0.869. The fraction of sp³-hybridized carbons (Fsp3) is 0. The van der Waals surface area contributed by atoms with Crippen molar-refractivity contribution in [2.24, 2.45) is 5.73 Å². The predicted molar refractivity (Wildman–Crippen MR) is 61.8 cm³/mol. The molecule has 2 rings (SSSR count). The molecule has 6 nitrogen and oxygen atoms in total. The largest absolute Gasteiger partial charge is 0.436 e. The first-order valence-corrected chi connectivity index (χ1v) is 4.99. The normalized spacial score (nSPS) is 9.50. The Morgan fingerprint density at radius 1 is 1.33 bits per heavy atom. The van der Waals surface area contributed by atoms with E-state index in [1.54, 1.807) is 18.2 Å². The second-order valence-electron chi connectivity index (χ2n) is 3.32. The van der Waals surface area contributed by atoms with Gasteiger partial charge in [-0.15, -0.1) is 0 Å². The highest BCUT2D eigenvalue weighted by atomic mass is 16.5. The number of hydrogen-bond donors (Lipinski definition) is 1. The molecule has 0 fully saturated rings. The average molecular weight is 240 g/mol. The van der Waals surface area contributed by atoms with Gasteiger partial charge in [-0.1, -0.05) is 6.07 Å². The molecule has 0 spiro atoms. The lowest BCUT2D eigenvalue weighted by Crippen LogP contribution is -2.10. The topological polar surface area (TPSA) is 102 Å². The number of aromatic nitrogens is 2. The van der Waals surface area contributed by atoms with Gasteiger partial charge in [0.1, 0.15) is 11.8 Å². The maximum Gasteiger partial charge on any atom is 0.256 e. The molecule has 0 aliphatic rings. The summed E-state index contributed by atoms with van der Waals surface area (Å²) in [5, 5.41) is 8.83. The Morgan fingerprint density at radius 3 is 2.83 bits per heavy atom. The molecule has 1 aromatic heterocycles. The fourth-order valence-corrected chi connectivity index (χ4v) is 1.30. The van der Waals surface area contributed by atoms with Gasteiger partial charge in [-0.3, -0.25) is 4.79 Å². The van der Waals surface area contributed by atoms with Crippen molar-refractivity contribution in [3.05, 3.63) is 47.9 Å². The summed E-state index contributed by atoms with van der Waals surface area (Å²) in [5.74, 6) is -0.106. The molecule has 88 valence electrons. The summed E-state index contributed by atoms with van der Waals surface area (Å²) in [6, 6.07) is 8.15. The molecule has 0 saturated carbocycles. The van der Waals surface area contributed by atoms with Gasteiger partial charge in [0.2, 0.25) is 11.6 Å². The summed E-state index contributed by atoms with van der Waals surface area (Å²) >= 11 is 0. The van der Waals surface area contributed by atoms with Crippen molar-refractivity contribution in [1.29, 1.82) is 5.26 Å². The van der Waals surface area contributed by atoms with Gasteiger partial charge in [0.05, 0.1) is 0 Å². The zero-order valence-corrected chi connectivity index (χ0v) is 9.20. The van der Waals surface area contributed by atoms with Crippen LogP contribution in [0.4, 0.5) is 0 Å². The Hall–Kier alpha value is -2.94. The monoisotopic (exact) mass is 240 g/mol. The van der Waals surface area contributed by atoms with Crippen molar-refractivity contribution in [2.45, 2.75) is 0 Å². The number of nitrogens with two attached hydrogens (primary N) is 1. The van der Waals surface area contributed by atoms with Crippen molar-refractivity contribution in [3.63, 3.8) is 0 Å². The molecule has 2 N–H and O–H groups in total. The minimum absolute atomic E-state index is 0.0713. The molecule has 1 heterocycles. The van der Waals surface area contributed by atoms with Crippen molar-refractivity contribution in [2.75, 3.05) is 0 Å². The van der Waals surface area contributed by atoms with Gasteiger partial charge in [-0.2, -0.15) is 5.26 Å². The van der Waals surface area contributed by atoms with Gasteiger partial charge in [0.25, 0.3) is 5.88 Å². The Morgan fingerprint density at radius 2 is 2.11 bits per heavy atom. The predicted octanol–water partition coefficient (Wildman–Crippen LogP) is 1.24. The van der Waals surface area contributed by atoms with Crippen LogP contribution in [0.1, 0.15) is 16.1 Å². The molecule has 2 aromatic rings. The lowest BCUT2D eigenvalue weighted by molar-refractivity contribution is 0.1000. The number of ether oxygens (including phenoxy) is 1. The summed E-state index contributed by atoms with van der Waals surface area (Å²) in [6.45, 7) is 0. The molecule has 1 aromatic carbocycles. The first kappa shape index (κ1) is 11.5. The zero-order chi connectivity index (χ0) is 13.0. The van der Waals surface area contributed by atoms with E-state index < -0.39 is 5.91 Å².